The van der Waals surface area contributed by atoms with Gasteiger partial charge in [-0.2, -0.15) is 5.10 Å². The fourth-order valence-electron chi connectivity index (χ4n) is 1.82. The molecule has 1 heterocycles. The molecule has 2 rings (SSSR count). The molecule has 2 aromatic rings. The van der Waals surface area contributed by atoms with Crippen LogP contribution in [0, 0.1) is 18.2 Å². The minimum absolute atomic E-state index is 0.000624. The predicted molar refractivity (Wildman–Crippen MR) is 83.1 cm³/mol. The molecule has 0 radical (unpaired) electrons. The third kappa shape index (κ3) is 4.14. The van der Waals surface area contributed by atoms with Crippen LogP contribution in [0.25, 0.3) is 0 Å². The summed E-state index contributed by atoms with van der Waals surface area (Å²) in [5, 5.41) is 9.03. The number of aromatic nitrogens is 2. The molecule has 0 aliphatic heterocycles. The van der Waals surface area contributed by atoms with Gasteiger partial charge >= 0.3 is 6.03 Å². The number of benzene rings is 1. The minimum Gasteiger partial charge on any atom is -0.481 e. The Labute approximate surface area is 132 Å². The number of hydrogen-bond donors (Lipinski definition) is 2. The molecule has 1 aromatic carbocycles. The van der Waals surface area contributed by atoms with Gasteiger partial charge in [-0.15, -0.1) is 6.42 Å². The standard InChI is InChI=1S/C15H15FN4O3/c1-4-7-23-12-6-5-10(16)8-11(12)17-15(21)18-13-9-14(22-3)20(2)19-13/h1,5-6,8-9H,7H2,2-3H3,(H2,17,18,19,21). The van der Waals surface area contributed by atoms with Crippen molar-refractivity contribution < 1.29 is 18.7 Å². The molecular formula is C15H15FN4O3. The predicted octanol–water partition coefficient (Wildman–Crippen LogP) is 2.22. The zero-order chi connectivity index (χ0) is 16.8. The van der Waals surface area contributed by atoms with Gasteiger partial charge in [0.15, 0.2) is 5.82 Å². The van der Waals surface area contributed by atoms with Crippen LogP contribution in [0.15, 0.2) is 24.3 Å². The molecule has 7 nitrogen and oxygen atoms in total. The Kier molecular flexibility index (Phi) is 5.04. The summed E-state index contributed by atoms with van der Waals surface area (Å²) in [6.07, 6.45) is 5.12. The van der Waals surface area contributed by atoms with Crippen molar-refractivity contribution in [3.63, 3.8) is 0 Å². The third-order valence-corrected chi connectivity index (χ3v) is 2.79. The molecule has 0 spiro atoms. The van der Waals surface area contributed by atoms with Crippen LogP contribution in [0.1, 0.15) is 0 Å². The Morgan fingerprint density at radius 3 is 2.87 bits per heavy atom. The number of nitrogens with one attached hydrogen (secondary N) is 2. The average Bonchev–Trinajstić information content (AvgIpc) is 2.86. The van der Waals surface area contributed by atoms with Crippen LogP contribution in [0.5, 0.6) is 11.6 Å². The number of anilines is 2. The second-order valence-corrected chi connectivity index (χ2v) is 4.41. The summed E-state index contributed by atoms with van der Waals surface area (Å²) in [5.74, 6) is 2.80. The number of aryl methyl sites for hydroxylation is 1. The number of hydrogen-bond acceptors (Lipinski definition) is 4. The Bertz CT molecular complexity index is 752. The van der Waals surface area contributed by atoms with Gasteiger partial charge in [0.1, 0.15) is 18.2 Å². The van der Waals surface area contributed by atoms with Gasteiger partial charge in [0.05, 0.1) is 12.8 Å². The SMILES string of the molecule is C#CCOc1ccc(F)cc1NC(=O)Nc1cc(OC)n(C)n1. The van der Waals surface area contributed by atoms with Gasteiger partial charge in [-0.25, -0.2) is 13.9 Å². The number of terminal acetylenes is 1. The normalized spacial score (nSPS) is 9.83. The first-order chi connectivity index (χ1) is 11.0. The highest BCUT2D eigenvalue weighted by atomic mass is 19.1. The highest BCUT2D eigenvalue weighted by molar-refractivity contribution is 6.00. The number of rotatable bonds is 5. The van der Waals surface area contributed by atoms with Crippen molar-refractivity contribution in [1.29, 1.82) is 0 Å². The zero-order valence-corrected chi connectivity index (χ0v) is 12.6. The first-order valence-corrected chi connectivity index (χ1v) is 6.55. The topological polar surface area (TPSA) is 77.4 Å². The van der Waals surface area contributed by atoms with Crippen molar-refractivity contribution in [2.75, 3.05) is 24.4 Å². The lowest BCUT2D eigenvalue weighted by molar-refractivity contribution is 0.262. The zero-order valence-electron chi connectivity index (χ0n) is 12.6. The molecule has 0 aliphatic rings. The summed E-state index contributed by atoms with van der Waals surface area (Å²) in [4.78, 5) is 12.0. The summed E-state index contributed by atoms with van der Waals surface area (Å²) >= 11 is 0. The molecule has 2 N–H and O–H groups in total. The average molecular weight is 318 g/mol. The van der Waals surface area contributed by atoms with Gasteiger partial charge in [0.2, 0.25) is 5.88 Å². The van der Waals surface area contributed by atoms with Crippen LogP contribution in [0.3, 0.4) is 0 Å². The summed E-state index contributed by atoms with van der Waals surface area (Å²) in [5.41, 5.74) is 0.153. The van der Waals surface area contributed by atoms with E-state index >= 15 is 0 Å². The fraction of sp³-hybridized carbons (Fsp3) is 0.200. The molecule has 0 saturated carbocycles. The van der Waals surface area contributed by atoms with E-state index in [1.54, 1.807) is 13.1 Å². The van der Waals surface area contributed by atoms with Crippen molar-refractivity contribution in [3.8, 4) is 24.0 Å². The molecule has 120 valence electrons. The molecule has 23 heavy (non-hydrogen) atoms. The van der Waals surface area contributed by atoms with Crippen molar-refractivity contribution in [3.05, 3.63) is 30.1 Å². The van der Waals surface area contributed by atoms with Crippen LogP contribution >= 0.6 is 0 Å². The first kappa shape index (κ1) is 16.2. The molecule has 0 fully saturated rings. The first-order valence-electron chi connectivity index (χ1n) is 6.55. The van der Waals surface area contributed by atoms with Crippen LogP contribution < -0.4 is 20.1 Å². The minimum atomic E-state index is -0.609. The number of ether oxygens (including phenoxy) is 2. The van der Waals surface area contributed by atoms with Gasteiger partial charge in [-0.1, -0.05) is 5.92 Å². The lowest BCUT2D eigenvalue weighted by Crippen LogP contribution is -2.20. The van der Waals surface area contributed by atoms with Crippen molar-refractivity contribution in [1.82, 2.24) is 9.78 Å². The number of halogens is 1. The number of carbonyl (C=O) groups excluding carboxylic acids is 1. The van der Waals surface area contributed by atoms with E-state index in [9.17, 15) is 9.18 Å². The number of carbonyl (C=O) groups is 1. The number of methoxy groups -OCH3 is 1. The molecule has 0 atom stereocenters. The van der Waals surface area contributed by atoms with E-state index in [0.29, 0.717) is 5.88 Å². The van der Waals surface area contributed by atoms with Crippen LogP contribution in [0.4, 0.5) is 20.7 Å². The van der Waals surface area contributed by atoms with E-state index in [-0.39, 0.29) is 23.9 Å². The molecule has 0 bridgehead atoms. The van der Waals surface area contributed by atoms with E-state index in [2.05, 4.69) is 21.7 Å². The van der Waals surface area contributed by atoms with Crippen LogP contribution in [-0.4, -0.2) is 29.5 Å². The molecule has 0 unspecified atom stereocenters. The highest BCUT2D eigenvalue weighted by Crippen LogP contribution is 2.25. The van der Waals surface area contributed by atoms with Crippen LogP contribution in [0.2, 0.25) is 0 Å². The smallest absolute Gasteiger partial charge is 0.325 e. The summed E-state index contributed by atoms with van der Waals surface area (Å²) in [6.45, 7) is -0.000624. The number of nitrogens with zero attached hydrogens (tertiary/aromatic N) is 2. The monoisotopic (exact) mass is 318 g/mol. The maximum absolute atomic E-state index is 13.3. The van der Waals surface area contributed by atoms with E-state index in [4.69, 9.17) is 15.9 Å². The lowest BCUT2D eigenvalue weighted by atomic mass is 10.3. The summed E-state index contributed by atoms with van der Waals surface area (Å²) in [7, 11) is 3.16. The van der Waals surface area contributed by atoms with Crippen molar-refractivity contribution in [2.45, 2.75) is 0 Å². The third-order valence-electron chi connectivity index (χ3n) is 2.79. The van der Waals surface area contributed by atoms with E-state index < -0.39 is 11.8 Å². The molecule has 2 amide bonds. The maximum atomic E-state index is 13.3. The van der Waals surface area contributed by atoms with Crippen molar-refractivity contribution >= 4 is 17.5 Å². The van der Waals surface area contributed by atoms with Crippen LogP contribution in [-0.2, 0) is 7.05 Å². The van der Waals surface area contributed by atoms with E-state index in [1.807, 2.05) is 0 Å². The quantitative estimate of drug-likeness (QED) is 0.829. The largest absolute Gasteiger partial charge is 0.481 e. The van der Waals surface area contributed by atoms with E-state index in [0.717, 1.165) is 6.07 Å². The second kappa shape index (κ2) is 7.17. The number of amides is 2. The Morgan fingerprint density at radius 2 is 2.22 bits per heavy atom. The Morgan fingerprint density at radius 1 is 1.43 bits per heavy atom. The van der Waals surface area contributed by atoms with Gasteiger partial charge in [0, 0.05) is 19.2 Å². The second-order valence-electron chi connectivity index (χ2n) is 4.41. The fourth-order valence-corrected chi connectivity index (χ4v) is 1.82. The van der Waals surface area contributed by atoms with Gasteiger partial charge < -0.3 is 14.8 Å². The Hall–Kier alpha value is -3.21. The van der Waals surface area contributed by atoms with Gasteiger partial charge in [-0.3, -0.25) is 5.32 Å². The van der Waals surface area contributed by atoms with Crippen molar-refractivity contribution in [2.24, 2.45) is 7.05 Å². The Balaban J connectivity index is 2.10. The van der Waals surface area contributed by atoms with Gasteiger partial charge in [-0.05, 0) is 12.1 Å². The molecule has 8 heteroatoms. The molecule has 0 saturated heterocycles. The van der Waals surface area contributed by atoms with E-state index in [1.165, 1.54) is 23.9 Å². The molecule has 1 aromatic heterocycles. The maximum Gasteiger partial charge on any atom is 0.325 e. The van der Waals surface area contributed by atoms with Gasteiger partial charge in [0.25, 0.3) is 0 Å². The summed E-state index contributed by atoms with van der Waals surface area (Å²) in [6, 6.07) is 4.65. The lowest BCUT2D eigenvalue weighted by Gasteiger charge is -2.11. The number of urea groups is 1. The molecule has 0 aliphatic carbocycles. The highest BCUT2D eigenvalue weighted by Gasteiger charge is 2.12. The summed E-state index contributed by atoms with van der Waals surface area (Å²) < 4.78 is 25.1. The molecular weight excluding hydrogens is 303 g/mol.